The second-order valence-corrected chi connectivity index (χ2v) is 7.51. The SMILES string of the molecule is CCN1CCN(C(=O)c2cc3ccccc3cc2OCc2c(C)noc2C)CC1. The molecule has 0 atom stereocenters. The summed E-state index contributed by atoms with van der Waals surface area (Å²) in [4.78, 5) is 17.6. The topological polar surface area (TPSA) is 58.8 Å². The highest BCUT2D eigenvalue weighted by Crippen LogP contribution is 2.29. The van der Waals surface area contributed by atoms with E-state index in [-0.39, 0.29) is 5.91 Å². The van der Waals surface area contributed by atoms with Gasteiger partial charge in [0.15, 0.2) is 0 Å². The van der Waals surface area contributed by atoms with Gasteiger partial charge in [0, 0.05) is 26.2 Å². The van der Waals surface area contributed by atoms with Gasteiger partial charge in [-0.25, -0.2) is 0 Å². The summed E-state index contributed by atoms with van der Waals surface area (Å²) in [6, 6.07) is 12.0. The zero-order chi connectivity index (χ0) is 20.4. The number of aryl methyl sites for hydroxylation is 2. The Bertz CT molecular complexity index is 1000. The molecular formula is C23H27N3O3. The van der Waals surface area contributed by atoms with E-state index in [0.717, 1.165) is 60.5 Å². The molecule has 0 radical (unpaired) electrons. The number of carbonyl (C=O) groups is 1. The van der Waals surface area contributed by atoms with E-state index in [0.29, 0.717) is 17.9 Å². The second-order valence-electron chi connectivity index (χ2n) is 7.51. The molecule has 6 heteroatoms. The largest absolute Gasteiger partial charge is 0.488 e. The molecule has 1 saturated heterocycles. The maximum atomic E-state index is 13.4. The van der Waals surface area contributed by atoms with E-state index in [1.54, 1.807) is 0 Å². The lowest BCUT2D eigenvalue weighted by atomic mass is 10.0. The van der Waals surface area contributed by atoms with Crippen LogP contribution in [0.15, 0.2) is 40.9 Å². The van der Waals surface area contributed by atoms with Crippen LogP contribution in [-0.4, -0.2) is 53.6 Å². The summed E-state index contributed by atoms with van der Waals surface area (Å²) in [6.07, 6.45) is 0. The van der Waals surface area contributed by atoms with Crippen molar-refractivity contribution >= 4 is 16.7 Å². The molecule has 1 aromatic heterocycles. The quantitative estimate of drug-likeness (QED) is 0.660. The number of piperazine rings is 1. The van der Waals surface area contributed by atoms with Crippen LogP contribution in [0.5, 0.6) is 5.75 Å². The standard InChI is InChI=1S/C23H27N3O3/c1-4-25-9-11-26(12-10-25)23(27)20-13-18-7-5-6-8-19(18)14-22(20)28-15-21-16(2)24-29-17(21)3/h5-8,13-14H,4,9-12,15H2,1-3H3. The Morgan fingerprint density at radius 1 is 1.10 bits per heavy atom. The second kappa shape index (κ2) is 8.25. The number of nitrogens with zero attached hydrogens (tertiary/aromatic N) is 3. The highest BCUT2D eigenvalue weighted by Gasteiger charge is 2.24. The van der Waals surface area contributed by atoms with Crippen molar-refractivity contribution in [2.75, 3.05) is 32.7 Å². The number of hydrogen-bond acceptors (Lipinski definition) is 5. The van der Waals surface area contributed by atoms with Crippen LogP contribution in [0.2, 0.25) is 0 Å². The fraction of sp³-hybridized carbons (Fsp3) is 0.391. The number of rotatable bonds is 5. The van der Waals surface area contributed by atoms with Crippen LogP contribution in [0.25, 0.3) is 10.8 Å². The summed E-state index contributed by atoms with van der Waals surface area (Å²) < 4.78 is 11.4. The first kappa shape index (κ1) is 19.5. The number of hydrogen-bond donors (Lipinski definition) is 0. The van der Waals surface area contributed by atoms with Crippen molar-refractivity contribution < 1.29 is 14.1 Å². The summed E-state index contributed by atoms with van der Waals surface area (Å²) in [7, 11) is 0. The summed E-state index contributed by atoms with van der Waals surface area (Å²) in [5, 5.41) is 6.07. The third kappa shape index (κ3) is 3.98. The zero-order valence-corrected chi connectivity index (χ0v) is 17.3. The molecule has 1 fully saturated rings. The van der Waals surface area contributed by atoms with Gasteiger partial charge in [0.05, 0.1) is 16.8 Å². The van der Waals surface area contributed by atoms with E-state index in [1.807, 2.05) is 55.1 Å². The molecule has 2 heterocycles. The number of fused-ring (bicyclic) bond motifs is 1. The maximum Gasteiger partial charge on any atom is 0.257 e. The summed E-state index contributed by atoms with van der Waals surface area (Å²) in [5.74, 6) is 1.37. The minimum Gasteiger partial charge on any atom is -0.488 e. The molecule has 2 aromatic carbocycles. The fourth-order valence-electron chi connectivity index (χ4n) is 3.80. The number of amides is 1. The Labute approximate surface area is 171 Å². The molecule has 1 aliphatic heterocycles. The Morgan fingerprint density at radius 3 is 2.41 bits per heavy atom. The number of aromatic nitrogens is 1. The van der Waals surface area contributed by atoms with Gasteiger partial charge < -0.3 is 19.1 Å². The minimum absolute atomic E-state index is 0.0280. The lowest BCUT2D eigenvalue weighted by Crippen LogP contribution is -2.48. The van der Waals surface area contributed by atoms with Crippen molar-refractivity contribution in [1.29, 1.82) is 0 Å². The van der Waals surface area contributed by atoms with Gasteiger partial charge in [0.2, 0.25) is 0 Å². The average Bonchev–Trinajstić information content (AvgIpc) is 3.08. The van der Waals surface area contributed by atoms with Gasteiger partial charge >= 0.3 is 0 Å². The summed E-state index contributed by atoms with van der Waals surface area (Å²) in [6.45, 7) is 10.6. The van der Waals surface area contributed by atoms with Crippen LogP contribution >= 0.6 is 0 Å². The molecule has 0 N–H and O–H groups in total. The molecular weight excluding hydrogens is 366 g/mol. The number of ether oxygens (including phenoxy) is 1. The summed E-state index contributed by atoms with van der Waals surface area (Å²) >= 11 is 0. The van der Waals surface area contributed by atoms with Crippen LogP contribution < -0.4 is 4.74 Å². The first-order valence-corrected chi connectivity index (χ1v) is 10.2. The molecule has 1 amide bonds. The van der Waals surface area contributed by atoms with Gasteiger partial charge in [-0.05, 0) is 43.3 Å². The monoisotopic (exact) mass is 393 g/mol. The predicted octanol–water partition coefficient (Wildman–Crippen LogP) is 3.80. The van der Waals surface area contributed by atoms with Gasteiger partial charge in [-0.3, -0.25) is 4.79 Å². The Balaban J connectivity index is 1.64. The molecule has 29 heavy (non-hydrogen) atoms. The minimum atomic E-state index is 0.0280. The molecule has 1 aliphatic rings. The molecule has 3 aromatic rings. The van der Waals surface area contributed by atoms with Crippen molar-refractivity contribution in [3.8, 4) is 5.75 Å². The number of likely N-dealkylation sites (N-methyl/N-ethyl adjacent to an activating group) is 1. The zero-order valence-electron chi connectivity index (χ0n) is 17.3. The van der Waals surface area contributed by atoms with E-state index in [1.165, 1.54) is 0 Å². The molecule has 6 nitrogen and oxygen atoms in total. The van der Waals surface area contributed by atoms with E-state index >= 15 is 0 Å². The van der Waals surface area contributed by atoms with Crippen molar-refractivity contribution in [2.24, 2.45) is 0 Å². The van der Waals surface area contributed by atoms with Gasteiger partial charge in [-0.1, -0.05) is 36.3 Å². The molecule has 0 aliphatic carbocycles. The molecule has 4 rings (SSSR count). The van der Waals surface area contributed by atoms with E-state index in [4.69, 9.17) is 9.26 Å². The average molecular weight is 393 g/mol. The lowest BCUT2D eigenvalue weighted by Gasteiger charge is -2.34. The Hall–Kier alpha value is -2.86. The number of benzene rings is 2. The highest BCUT2D eigenvalue weighted by molar-refractivity contribution is 6.01. The first-order valence-electron chi connectivity index (χ1n) is 10.2. The smallest absolute Gasteiger partial charge is 0.257 e. The van der Waals surface area contributed by atoms with Crippen molar-refractivity contribution in [2.45, 2.75) is 27.4 Å². The fourth-order valence-corrected chi connectivity index (χ4v) is 3.80. The molecule has 152 valence electrons. The van der Waals surface area contributed by atoms with Crippen LogP contribution in [0, 0.1) is 13.8 Å². The number of carbonyl (C=O) groups excluding carboxylic acids is 1. The Kier molecular flexibility index (Phi) is 5.53. The lowest BCUT2D eigenvalue weighted by molar-refractivity contribution is 0.0639. The van der Waals surface area contributed by atoms with Crippen molar-refractivity contribution in [3.63, 3.8) is 0 Å². The van der Waals surface area contributed by atoms with Gasteiger partial charge in [-0.15, -0.1) is 0 Å². The molecule has 0 spiro atoms. The molecule has 0 unspecified atom stereocenters. The van der Waals surface area contributed by atoms with E-state index in [9.17, 15) is 4.79 Å². The van der Waals surface area contributed by atoms with Crippen LogP contribution in [-0.2, 0) is 6.61 Å². The maximum absolute atomic E-state index is 13.4. The van der Waals surface area contributed by atoms with Crippen LogP contribution in [0.3, 0.4) is 0 Å². The third-order valence-electron chi connectivity index (χ3n) is 5.74. The predicted molar refractivity (Wildman–Crippen MR) is 112 cm³/mol. The van der Waals surface area contributed by atoms with Gasteiger partial charge in [0.1, 0.15) is 18.1 Å². The normalized spacial score (nSPS) is 15.1. The van der Waals surface area contributed by atoms with E-state index in [2.05, 4.69) is 17.0 Å². The van der Waals surface area contributed by atoms with Crippen LogP contribution in [0.1, 0.15) is 34.3 Å². The Morgan fingerprint density at radius 2 is 1.79 bits per heavy atom. The van der Waals surface area contributed by atoms with Crippen molar-refractivity contribution in [3.05, 3.63) is 59.0 Å². The van der Waals surface area contributed by atoms with Gasteiger partial charge in [0.25, 0.3) is 5.91 Å². The first-order chi connectivity index (χ1) is 14.1. The van der Waals surface area contributed by atoms with Gasteiger partial charge in [-0.2, -0.15) is 0 Å². The summed E-state index contributed by atoms with van der Waals surface area (Å²) in [5.41, 5.74) is 2.35. The van der Waals surface area contributed by atoms with E-state index < -0.39 is 0 Å². The highest BCUT2D eigenvalue weighted by atomic mass is 16.5. The van der Waals surface area contributed by atoms with Crippen molar-refractivity contribution in [1.82, 2.24) is 15.0 Å². The molecule has 0 saturated carbocycles. The third-order valence-corrected chi connectivity index (χ3v) is 5.74. The van der Waals surface area contributed by atoms with Crippen LogP contribution in [0.4, 0.5) is 0 Å². The molecule has 0 bridgehead atoms.